The lowest BCUT2D eigenvalue weighted by Crippen LogP contribution is -2.18. The maximum atomic E-state index is 13.0. The van der Waals surface area contributed by atoms with Gasteiger partial charge in [0.1, 0.15) is 0 Å². The molecule has 0 aliphatic carbocycles. The molecule has 0 spiro atoms. The molecule has 0 saturated carbocycles. The number of Topliss-reactive ketones (excluding diaryl/α,β-unsaturated/α-hetero) is 1. The van der Waals surface area contributed by atoms with E-state index in [0.717, 1.165) is 42.7 Å². The Hall–Kier alpha value is -4.08. The van der Waals surface area contributed by atoms with Gasteiger partial charge in [-0.05, 0) is 86.4 Å². The molecule has 0 amide bonds. The summed E-state index contributed by atoms with van der Waals surface area (Å²) in [4.78, 5) is 22.2. The lowest BCUT2D eigenvalue weighted by atomic mass is 9.88. The summed E-state index contributed by atoms with van der Waals surface area (Å²) in [7, 11) is -3.66. The number of aromatic nitrogens is 2. The molecule has 214 valence electrons. The molecule has 0 bridgehead atoms. The molecule has 41 heavy (non-hydrogen) atoms. The molecule has 8 nitrogen and oxygen atoms in total. The second kappa shape index (κ2) is 14.0. The molecule has 5 rings (SSSR count). The first kappa shape index (κ1) is 29.9. The summed E-state index contributed by atoms with van der Waals surface area (Å²) in [6.45, 7) is 8.02. The van der Waals surface area contributed by atoms with Gasteiger partial charge in [-0.1, -0.05) is 51.1 Å². The fourth-order valence-electron chi connectivity index (χ4n) is 4.73. The standard InChI is InChI=1S/C30H31N5O3S.C2H6/c1-21-19-24(15-17-31-20-21)29(36)23-9-11-25(12-10-23)33-30-32-18-16-28(34-30)22-7-13-26(14-8-22)35-39(37,38)27-5-3-2-4-6-27;1-2/h2-14,16,18,21,24,31,35H,15,17,19-20H2,1H3,(H,32,33,34);1-2H3/t21-,24?;/m1./s1. The Morgan fingerprint density at radius 3 is 2.29 bits per heavy atom. The third kappa shape index (κ3) is 7.99. The number of hydrogen-bond donors (Lipinski definition) is 3. The van der Waals surface area contributed by atoms with Crippen LogP contribution in [0, 0.1) is 11.8 Å². The van der Waals surface area contributed by atoms with Gasteiger partial charge in [-0.2, -0.15) is 0 Å². The van der Waals surface area contributed by atoms with Crippen LogP contribution in [-0.2, 0) is 10.0 Å². The molecule has 4 aromatic rings. The van der Waals surface area contributed by atoms with Crippen molar-refractivity contribution in [1.82, 2.24) is 15.3 Å². The van der Waals surface area contributed by atoms with Crippen LogP contribution in [0.3, 0.4) is 0 Å². The molecule has 3 aromatic carbocycles. The third-order valence-corrected chi connectivity index (χ3v) is 8.18. The Bertz CT molecular complexity index is 1530. The average Bonchev–Trinajstić information content (AvgIpc) is 3.23. The number of hydrogen-bond acceptors (Lipinski definition) is 7. The largest absolute Gasteiger partial charge is 0.324 e. The molecule has 1 aliphatic heterocycles. The highest BCUT2D eigenvalue weighted by Gasteiger charge is 2.24. The Morgan fingerprint density at radius 1 is 0.902 bits per heavy atom. The highest BCUT2D eigenvalue weighted by atomic mass is 32.2. The summed E-state index contributed by atoms with van der Waals surface area (Å²) in [6.07, 6.45) is 3.44. The zero-order valence-electron chi connectivity index (χ0n) is 23.7. The van der Waals surface area contributed by atoms with Crippen LogP contribution in [-0.4, -0.2) is 37.3 Å². The van der Waals surface area contributed by atoms with Crippen molar-refractivity contribution in [1.29, 1.82) is 0 Å². The van der Waals surface area contributed by atoms with Crippen molar-refractivity contribution in [3.63, 3.8) is 0 Å². The predicted octanol–water partition coefficient (Wildman–Crippen LogP) is 6.53. The smallest absolute Gasteiger partial charge is 0.261 e. The van der Waals surface area contributed by atoms with Crippen LogP contribution in [0.1, 0.15) is 44.0 Å². The number of nitrogens with one attached hydrogen (secondary N) is 3. The van der Waals surface area contributed by atoms with Crippen molar-refractivity contribution in [2.24, 2.45) is 11.8 Å². The van der Waals surface area contributed by atoms with E-state index in [9.17, 15) is 13.2 Å². The van der Waals surface area contributed by atoms with Crippen molar-refractivity contribution in [2.45, 2.75) is 38.5 Å². The van der Waals surface area contributed by atoms with Crippen LogP contribution < -0.4 is 15.4 Å². The maximum absolute atomic E-state index is 13.0. The van der Waals surface area contributed by atoms with E-state index in [1.807, 2.05) is 38.1 Å². The van der Waals surface area contributed by atoms with Crippen molar-refractivity contribution in [2.75, 3.05) is 23.1 Å². The van der Waals surface area contributed by atoms with Gasteiger partial charge in [-0.15, -0.1) is 0 Å². The van der Waals surface area contributed by atoms with Gasteiger partial charge >= 0.3 is 0 Å². The first-order chi connectivity index (χ1) is 19.9. The fourth-order valence-corrected chi connectivity index (χ4v) is 5.81. The number of carbonyl (C=O) groups is 1. The zero-order valence-corrected chi connectivity index (χ0v) is 24.5. The van der Waals surface area contributed by atoms with Crippen LogP contribution in [0.15, 0.2) is 96.0 Å². The van der Waals surface area contributed by atoms with Crippen LogP contribution in [0.5, 0.6) is 0 Å². The van der Waals surface area contributed by atoms with Crippen LogP contribution in [0.4, 0.5) is 17.3 Å². The van der Waals surface area contributed by atoms with Crippen LogP contribution in [0.2, 0.25) is 0 Å². The summed E-state index contributed by atoms with van der Waals surface area (Å²) >= 11 is 0. The minimum atomic E-state index is -3.66. The Balaban J connectivity index is 0.00000189. The number of nitrogens with zero attached hydrogens (tertiary/aromatic N) is 2. The summed E-state index contributed by atoms with van der Waals surface area (Å²) < 4.78 is 27.8. The highest BCUT2D eigenvalue weighted by molar-refractivity contribution is 7.92. The lowest BCUT2D eigenvalue weighted by molar-refractivity contribution is 0.0902. The molecule has 9 heteroatoms. The van der Waals surface area contributed by atoms with Crippen molar-refractivity contribution in [3.05, 3.63) is 96.7 Å². The third-order valence-electron chi connectivity index (χ3n) is 6.79. The maximum Gasteiger partial charge on any atom is 0.261 e. The fraction of sp³-hybridized carbons (Fsp3) is 0.281. The van der Waals surface area contributed by atoms with E-state index >= 15 is 0 Å². The Labute approximate surface area is 242 Å². The second-order valence-electron chi connectivity index (χ2n) is 9.86. The van der Waals surface area contributed by atoms with Crippen LogP contribution >= 0.6 is 0 Å². The van der Waals surface area contributed by atoms with E-state index in [-0.39, 0.29) is 16.6 Å². The molecule has 1 unspecified atom stereocenters. The number of anilines is 3. The molecule has 2 heterocycles. The molecule has 3 N–H and O–H groups in total. The summed E-state index contributed by atoms with van der Waals surface area (Å²) in [6, 6.07) is 24.5. The van der Waals surface area contributed by atoms with Crippen molar-refractivity contribution in [3.8, 4) is 11.3 Å². The van der Waals surface area contributed by atoms with Gasteiger partial charge in [0.15, 0.2) is 5.78 Å². The minimum absolute atomic E-state index is 0.0499. The number of rotatable bonds is 8. The zero-order chi connectivity index (χ0) is 29.2. The normalized spacial score (nSPS) is 17.0. The van der Waals surface area contributed by atoms with Gasteiger partial charge < -0.3 is 10.6 Å². The first-order valence-corrected chi connectivity index (χ1v) is 15.5. The molecule has 1 aliphatic rings. The molecule has 1 fully saturated rings. The minimum Gasteiger partial charge on any atom is -0.324 e. The van der Waals surface area contributed by atoms with Gasteiger partial charge in [-0.3, -0.25) is 9.52 Å². The van der Waals surface area contributed by atoms with Gasteiger partial charge in [0, 0.05) is 34.6 Å². The van der Waals surface area contributed by atoms with E-state index in [1.165, 1.54) is 0 Å². The van der Waals surface area contributed by atoms with Gasteiger partial charge in [0.05, 0.1) is 10.6 Å². The monoisotopic (exact) mass is 571 g/mol. The highest BCUT2D eigenvalue weighted by Crippen LogP contribution is 2.25. The molecule has 2 atom stereocenters. The van der Waals surface area contributed by atoms with E-state index in [4.69, 9.17) is 0 Å². The Kier molecular flexibility index (Phi) is 10.2. The summed E-state index contributed by atoms with van der Waals surface area (Å²) in [5.74, 6) is 1.16. The SMILES string of the molecule is CC.C[C@H]1CNCCC(C(=O)c2ccc(Nc3nccc(-c4ccc(NS(=O)(=O)c5ccccc5)cc4)n3)cc2)C1. The van der Waals surface area contributed by atoms with Crippen molar-refractivity contribution < 1.29 is 13.2 Å². The average molecular weight is 572 g/mol. The molecule has 1 saturated heterocycles. The lowest BCUT2D eigenvalue weighted by Gasteiger charge is -2.15. The van der Waals surface area contributed by atoms with Gasteiger partial charge in [-0.25, -0.2) is 18.4 Å². The second-order valence-corrected chi connectivity index (χ2v) is 11.5. The number of sulfonamides is 1. The number of benzene rings is 3. The van der Waals surface area contributed by atoms with Gasteiger partial charge in [0.2, 0.25) is 5.95 Å². The van der Waals surface area contributed by atoms with E-state index < -0.39 is 10.0 Å². The quantitative estimate of drug-likeness (QED) is 0.206. The summed E-state index contributed by atoms with van der Waals surface area (Å²) in [5, 5.41) is 6.60. The molecular formula is C32H37N5O3S. The van der Waals surface area contributed by atoms with E-state index in [0.29, 0.717) is 23.2 Å². The number of carbonyl (C=O) groups excluding carboxylic acids is 1. The molecular weight excluding hydrogens is 534 g/mol. The van der Waals surface area contributed by atoms with Crippen molar-refractivity contribution >= 4 is 33.1 Å². The van der Waals surface area contributed by atoms with Gasteiger partial charge in [0.25, 0.3) is 10.0 Å². The van der Waals surface area contributed by atoms with Crippen LogP contribution in [0.25, 0.3) is 11.3 Å². The first-order valence-electron chi connectivity index (χ1n) is 14.0. The van der Waals surface area contributed by atoms with E-state index in [1.54, 1.807) is 66.9 Å². The number of ketones is 1. The topological polar surface area (TPSA) is 113 Å². The molecule has 0 radical (unpaired) electrons. The Morgan fingerprint density at radius 2 is 1.59 bits per heavy atom. The summed E-state index contributed by atoms with van der Waals surface area (Å²) in [5.41, 5.74) is 3.46. The molecule has 1 aromatic heterocycles. The predicted molar refractivity (Wildman–Crippen MR) is 165 cm³/mol. The van der Waals surface area contributed by atoms with E-state index in [2.05, 4.69) is 32.2 Å².